The smallest absolute Gasteiger partial charge is 0.326 e. The minimum Gasteiger partial charge on any atom is -0.480 e. The average Bonchev–Trinajstić information content (AvgIpc) is 2.42. The predicted molar refractivity (Wildman–Crippen MR) is 82.1 cm³/mol. The lowest BCUT2D eigenvalue weighted by Crippen LogP contribution is -2.55. The SMILES string of the molecule is CSCCC(C)N(C)C(=O)N1CCC(C)CC1C(=O)O. The molecular formula is C14H26N2O3S. The summed E-state index contributed by atoms with van der Waals surface area (Å²) in [7, 11) is 1.77. The molecule has 6 heteroatoms. The Labute approximate surface area is 125 Å². The van der Waals surface area contributed by atoms with Crippen molar-refractivity contribution in [3.63, 3.8) is 0 Å². The van der Waals surface area contributed by atoms with Crippen molar-refractivity contribution < 1.29 is 14.7 Å². The van der Waals surface area contributed by atoms with E-state index >= 15 is 0 Å². The van der Waals surface area contributed by atoms with E-state index in [1.54, 1.807) is 23.7 Å². The van der Waals surface area contributed by atoms with Crippen molar-refractivity contribution in [2.24, 2.45) is 5.92 Å². The van der Waals surface area contributed by atoms with Crippen LogP contribution in [0.1, 0.15) is 33.1 Å². The van der Waals surface area contributed by atoms with Crippen LogP contribution in [0.3, 0.4) is 0 Å². The molecule has 1 heterocycles. The standard InChI is InChI=1S/C14H26N2O3S/c1-10-5-7-16(12(9-10)13(17)18)14(19)15(3)11(2)6-8-20-4/h10-12H,5-9H2,1-4H3,(H,17,18). The summed E-state index contributed by atoms with van der Waals surface area (Å²) in [5, 5.41) is 9.32. The van der Waals surface area contributed by atoms with Gasteiger partial charge in [0.2, 0.25) is 0 Å². The Bertz CT molecular complexity index is 351. The number of piperidine rings is 1. The molecule has 0 bridgehead atoms. The third kappa shape index (κ3) is 4.30. The van der Waals surface area contributed by atoms with Crippen LogP contribution in [-0.2, 0) is 4.79 Å². The highest BCUT2D eigenvalue weighted by molar-refractivity contribution is 7.98. The highest BCUT2D eigenvalue weighted by Gasteiger charge is 2.36. The Morgan fingerprint density at radius 1 is 1.50 bits per heavy atom. The summed E-state index contributed by atoms with van der Waals surface area (Å²) in [6.07, 6.45) is 4.39. The number of carbonyl (C=O) groups excluding carboxylic acids is 1. The molecule has 1 saturated heterocycles. The predicted octanol–water partition coefficient (Wildman–Crippen LogP) is 2.36. The highest BCUT2D eigenvalue weighted by Crippen LogP contribution is 2.24. The van der Waals surface area contributed by atoms with E-state index in [-0.39, 0.29) is 12.1 Å². The number of thioether (sulfide) groups is 1. The number of rotatable bonds is 5. The first-order valence-corrected chi connectivity index (χ1v) is 8.53. The zero-order valence-corrected chi connectivity index (χ0v) is 13.7. The monoisotopic (exact) mass is 302 g/mol. The van der Waals surface area contributed by atoms with Crippen LogP contribution in [0.2, 0.25) is 0 Å². The van der Waals surface area contributed by atoms with Gasteiger partial charge in [0.25, 0.3) is 0 Å². The summed E-state index contributed by atoms with van der Waals surface area (Å²) in [5.74, 6) is 0.465. The molecule has 3 unspecified atom stereocenters. The molecule has 0 aromatic carbocycles. The van der Waals surface area contributed by atoms with Crippen LogP contribution in [0, 0.1) is 5.92 Å². The van der Waals surface area contributed by atoms with Crippen LogP contribution in [-0.4, -0.2) is 64.6 Å². The second-order valence-electron chi connectivity index (χ2n) is 5.70. The summed E-state index contributed by atoms with van der Waals surface area (Å²) < 4.78 is 0. The first-order chi connectivity index (χ1) is 9.38. The minimum absolute atomic E-state index is 0.128. The number of hydrogen-bond acceptors (Lipinski definition) is 3. The van der Waals surface area contributed by atoms with Gasteiger partial charge in [-0.15, -0.1) is 0 Å². The van der Waals surface area contributed by atoms with E-state index in [9.17, 15) is 14.7 Å². The van der Waals surface area contributed by atoms with Gasteiger partial charge in [0.15, 0.2) is 0 Å². The molecule has 2 amide bonds. The van der Waals surface area contributed by atoms with Gasteiger partial charge in [-0.25, -0.2) is 9.59 Å². The maximum atomic E-state index is 12.5. The van der Waals surface area contributed by atoms with Crippen LogP contribution >= 0.6 is 11.8 Å². The van der Waals surface area contributed by atoms with Gasteiger partial charge in [0.05, 0.1) is 0 Å². The quantitative estimate of drug-likeness (QED) is 0.847. The number of amides is 2. The van der Waals surface area contributed by atoms with Crippen molar-refractivity contribution in [2.45, 2.75) is 45.2 Å². The number of likely N-dealkylation sites (tertiary alicyclic amines) is 1. The first kappa shape index (κ1) is 17.1. The molecule has 1 rings (SSSR count). The number of aliphatic carboxylic acids is 1. The van der Waals surface area contributed by atoms with Crippen LogP contribution in [0.5, 0.6) is 0 Å². The van der Waals surface area contributed by atoms with Gasteiger partial charge >= 0.3 is 12.0 Å². The second kappa shape index (κ2) is 7.76. The fourth-order valence-electron chi connectivity index (χ4n) is 2.48. The Morgan fingerprint density at radius 2 is 2.15 bits per heavy atom. The summed E-state index contributed by atoms with van der Waals surface area (Å²) >= 11 is 1.75. The molecule has 3 atom stereocenters. The third-order valence-corrected chi connectivity index (χ3v) is 4.74. The van der Waals surface area contributed by atoms with E-state index in [0.29, 0.717) is 18.9 Å². The Balaban J connectivity index is 2.70. The summed E-state index contributed by atoms with van der Waals surface area (Å²) in [4.78, 5) is 27.1. The molecule has 1 aliphatic heterocycles. The molecule has 0 aromatic rings. The zero-order valence-electron chi connectivity index (χ0n) is 12.8. The van der Waals surface area contributed by atoms with Crippen molar-refractivity contribution in [1.82, 2.24) is 9.80 Å². The number of carbonyl (C=O) groups is 2. The van der Waals surface area contributed by atoms with E-state index in [1.807, 2.05) is 20.1 Å². The van der Waals surface area contributed by atoms with Gasteiger partial charge in [-0.1, -0.05) is 6.92 Å². The van der Waals surface area contributed by atoms with Gasteiger partial charge < -0.3 is 14.9 Å². The molecule has 20 heavy (non-hydrogen) atoms. The lowest BCUT2D eigenvalue weighted by atomic mass is 9.92. The molecular weight excluding hydrogens is 276 g/mol. The first-order valence-electron chi connectivity index (χ1n) is 7.13. The average molecular weight is 302 g/mol. The van der Waals surface area contributed by atoms with Gasteiger partial charge in [0.1, 0.15) is 6.04 Å². The van der Waals surface area contributed by atoms with Crippen LogP contribution in [0.4, 0.5) is 4.79 Å². The van der Waals surface area contributed by atoms with Crippen molar-refractivity contribution in [3.8, 4) is 0 Å². The minimum atomic E-state index is -0.893. The lowest BCUT2D eigenvalue weighted by molar-refractivity contribution is -0.144. The molecule has 5 nitrogen and oxygen atoms in total. The summed E-state index contributed by atoms with van der Waals surface area (Å²) in [6.45, 7) is 4.59. The third-order valence-electron chi connectivity index (χ3n) is 4.10. The fourth-order valence-corrected chi connectivity index (χ4v) is 3.05. The van der Waals surface area contributed by atoms with E-state index in [4.69, 9.17) is 0 Å². The second-order valence-corrected chi connectivity index (χ2v) is 6.69. The zero-order chi connectivity index (χ0) is 15.3. The molecule has 0 radical (unpaired) electrons. The molecule has 0 aromatic heterocycles. The summed E-state index contributed by atoms with van der Waals surface area (Å²) in [5.41, 5.74) is 0. The van der Waals surface area contributed by atoms with Crippen molar-refractivity contribution in [3.05, 3.63) is 0 Å². The summed E-state index contributed by atoms with van der Waals surface area (Å²) in [6, 6.07) is -0.705. The maximum absolute atomic E-state index is 12.5. The number of carboxylic acids is 1. The van der Waals surface area contributed by atoms with Gasteiger partial charge in [-0.05, 0) is 44.1 Å². The lowest BCUT2D eigenvalue weighted by Gasteiger charge is -2.39. The highest BCUT2D eigenvalue weighted by atomic mass is 32.2. The Hall–Kier alpha value is -0.910. The number of nitrogens with zero attached hydrogens (tertiary/aromatic N) is 2. The number of urea groups is 1. The van der Waals surface area contributed by atoms with E-state index in [1.165, 1.54) is 4.90 Å². The molecule has 1 N–H and O–H groups in total. The van der Waals surface area contributed by atoms with Crippen molar-refractivity contribution in [2.75, 3.05) is 25.6 Å². The Kier molecular flexibility index (Phi) is 6.65. The van der Waals surface area contributed by atoms with Gasteiger partial charge in [-0.3, -0.25) is 0 Å². The number of hydrogen-bond donors (Lipinski definition) is 1. The fraction of sp³-hybridized carbons (Fsp3) is 0.857. The van der Waals surface area contributed by atoms with Crippen molar-refractivity contribution >= 4 is 23.8 Å². The molecule has 1 aliphatic rings. The van der Waals surface area contributed by atoms with E-state index < -0.39 is 12.0 Å². The Morgan fingerprint density at radius 3 is 2.70 bits per heavy atom. The van der Waals surface area contributed by atoms with E-state index in [2.05, 4.69) is 0 Å². The molecule has 0 saturated carbocycles. The van der Waals surface area contributed by atoms with Crippen LogP contribution < -0.4 is 0 Å². The molecule has 116 valence electrons. The van der Waals surface area contributed by atoms with Crippen LogP contribution in [0.15, 0.2) is 0 Å². The normalized spacial score (nSPS) is 24.3. The van der Waals surface area contributed by atoms with Crippen molar-refractivity contribution in [1.29, 1.82) is 0 Å². The largest absolute Gasteiger partial charge is 0.480 e. The molecule has 1 fully saturated rings. The van der Waals surface area contributed by atoms with Gasteiger partial charge in [-0.2, -0.15) is 11.8 Å². The molecule has 0 aliphatic carbocycles. The maximum Gasteiger partial charge on any atom is 0.326 e. The molecule has 0 spiro atoms. The van der Waals surface area contributed by atoms with Gasteiger partial charge in [0, 0.05) is 19.6 Å². The van der Waals surface area contributed by atoms with E-state index in [0.717, 1.165) is 18.6 Å². The number of carboxylic acid groups (broad SMARTS) is 1. The van der Waals surface area contributed by atoms with Crippen LogP contribution in [0.25, 0.3) is 0 Å². The topological polar surface area (TPSA) is 60.9 Å².